The van der Waals surface area contributed by atoms with Crippen LogP contribution < -0.4 is 29.0 Å². The van der Waals surface area contributed by atoms with Gasteiger partial charge in [-0.25, -0.2) is 4.79 Å². The number of nitrogens with one attached hydrogen (secondary N) is 1. The summed E-state index contributed by atoms with van der Waals surface area (Å²) in [5.74, 6) is 1.13. The van der Waals surface area contributed by atoms with Crippen LogP contribution in [0.5, 0.6) is 28.7 Å². The molecule has 2 aromatic rings. The molecule has 2 aromatic carbocycles. The van der Waals surface area contributed by atoms with Crippen molar-refractivity contribution in [1.82, 2.24) is 5.32 Å². The second-order valence-electron chi connectivity index (χ2n) is 6.39. The molecule has 0 radical (unpaired) electrons. The summed E-state index contributed by atoms with van der Waals surface area (Å²) < 4.78 is 31.4. The van der Waals surface area contributed by atoms with E-state index in [0.29, 0.717) is 28.7 Å². The topological polar surface area (TPSA) is 102 Å². The average molecular weight is 417 g/mol. The van der Waals surface area contributed by atoms with E-state index in [1.165, 1.54) is 33.5 Å². The first-order valence-electron chi connectivity index (χ1n) is 9.12. The van der Waals surface area contributed by atoms with E-state index in [1.54, 1.807) is 12.1 Å². The molecule has 1 N–H and O–H groups in total. The van der Waals surface area contributed by atoms with E-state index in [-0.39, 0.29) is 18.4 Å². The zero-order valence-corrected chi connectivity index (χ0v) is 17.1. The molecule has 1 amide bonds. The van der Waals surface area contributed by atoms with E-state index in [0.717, 1.165) is 5.56 Å². The summed E-state index contributed by atoms with van der Waals surface area (Å²) in [5.41, 5.74) is 1.00. The van der Waals surface area contributed by atoms with Crippen molar-refractivity contribution in [2.75, 3.05) is 34.7 Å². The Kier molecular flexibility index (Phi) is 6.51. The van der Waals surface area contributed by atoms with Gasteiger partial charge in [-0.2, -0.15) is 0 Å². The molecule has 0 aliphatic carbocycles. The van der Waals surface area contributed by atoms with Crippen LogP contribution in [0, 0.1) is 0 Å². The van der Waals surface area contributed by atoms with Crippen molar-refractivity contribution in [2.24, 2.45) is 0 Å². The number of benzene rings is 2. The largest absolute Gasteiger partial charge is 0.493 e. The minimum Gasteiger partial charge on any atom is -0.493 e. The molecule has 1 aliphatic rings. The summed E-state index contributed by atoms with van der Waals surface area (Å²) in [6.07, 6.45) is 0. The van der Waals surface area contributed by atoms with Crippen LogP contribution in [0.4, 0.5) is 0 Å². The number of carbonyl (C=O) groups is 2. The molecule has 30 heavy (non-hydrogen) atoms. The van der Waals surface area contributed by atoms with Crippen molar-refractivity contribution in [3.8, 4) is 28.7 Å². The summed E-state index contributed by atoms with van der Waals surface area (Å²) in [6.45, 7) is 1.55. The van der Waals surface area contributed by atoms with Crippen LogP contribution in [-0.4, -0.2) is 46.6 Å². The maximum absolute atomic E-state index is 12.4. The molecule has 0 saturated carbocycles. The smallest absolute Gasteiger partial charge is 0.338 e. The van der Waals surface area contributed by atoms with Crippen molar-refractivity contribution in [1.29, 1.82) is 0 Å². The van der Waals surface area contributed by atoms with Gasteiger partial charge in [0, 0.05) is 0 Å². The standard InChI is InChI=1S/C21H23NO8/c1-12(13-5-6-15-16(7-13)30-11-29-15)22-19(23)10-28-21(24)14-8-17(25-2)20(27-4)18(9-14)26-3/h5-9,12H,10-11H2,1-4H3,(H,22,23). The van der Waals surface area contributed by atoms with Crippen molar-refractivity contribution >= 4 is 11.9 Å². The summed E-state index contributed by atoms with van der Waals surface area (Å²) in [6, 6.07) is 8.01. The summed E-state index contributed by atoms with van der Waals surface area (Å²) in [5, 5.41) is 2.78. The van der Waals surface area contributed by atoms with Gasteiger partial charge >= 0.3 is 5.97 Å². The highest BCUT2D eigenvalue weighted by atomic mass is 16.7. The third-order valence-corrected chi connectivity index (χ3v) is 4.51. The number of carbonyl (C=O) groups excluding carboxylic acids is 2. The summed E-state index contributed by atoms with van der Waals surface area (Å²) in [4.78, 5) is 24.6. The third kappa shape index (κ3) is 4.51. The minimum atomic E-state index is -0.694. The van der Waals surface area contributed by atoms with Crippen LogP contribution in [0.25, 0.3) is 0 Å². The fourth-order valence-electron chi connectivity index (χ4n) is 2.96. The third-order valence-electron chi connectivity index (χ3n) is 4.51. The average Bonchev–Trinajstić information content (AvgIpc) is 3.24. The van der Waals surface area contributed by atoms with Crippen LogP contribution in [0.15, 0.2) is 30.3 Å². The Morgan fingerprint density at radius 3 is 2.30 bits per heavy atom. The van der Waals surface area contributed by atoms with Gasteiger partial charge in [0.15, 0.2) is 29.6 Å². The number of ether oxygens (including phenoxy) is 6. The molecule has 9 nitrogen and oxygen atoms in total. The molecule has 0 fully saturated rings. The van der Waals surface area contributed by atoms with Crippen LogP contribution in [0.3, 0.4) is 0 Å². The molecule has 1 aliphatic heterocycles. The fourth-order valence-corrected chi connectivity index (χ4v) is 2.96. The van der Waals surface area contributed by atoms with Gasteiger partial charge in [-0.3, -0.25) is 4.79 Å². The second kappa shape index (κ2) is 9.25. The van der Waals surface area contributed by atoms with E-state index >= 15 is 0 Å². The Bertz CT molecular complexity index is 918. The molecule has 1 heterocycles. The lowest BCUT2D eigenvalue weighted by atomic mass is 10.1. The fraction of sp³-hybridized carbons (Fsp3) is 0.333. The van der Waals surface area contributed by atoms with Crippen molar-refractivity contribution in [3.05, 3.63) is 41.5 Å². The minimum absolute atomic E-state index is 0.168. The molecule has 1 unspecified atom stereocenters. The normalized spacial score (nSPS) is 12.7. The van der Waals surface area contributed by atoms with Crippen molar-refractivity contribution < 1.29 is 38.0 Å². The van der Waals surface area contributed by atoms with Gasteiger partial charge in [0.05, 0.1) is 32.9 Å². The highest BCUT2D eigenvalue weighted by Crippen LogP contribution is 2.38. The molecule has 0 aromatic heterocycles. The lowest BCUT2D eigenvalue weighted by Gasteiger charge is -2.16. The quantitative estimate of drug-likeness (QED) is 0.654. The lowest BCUT2D eigenvalue weighted by molar-refractivity contribution is -0.124. The maximum atomic E-state index is 12.4. The van der Waals surface area contributed by atoms with Crippen LogP contribution >= 0.6 is 0 Å². The van der Waals surface area contributed by atoms with Gasteiger partial charge < -0.3 is 33.7 Å². The Hall–Kier alpha value is -3.62. The number of esters is 1. The number of methoxy groups -OCH3 is 3. The van der Waals surface area contributed by atoms with Crippen molar-refractivity contribution in [2.45, 2.75) is 13.0 Å². The molecule has 9 heteroatoms. The monoisotopic (exact) mass is 417 g/mol. The molecule has 0 bridgehead atoms. The lowest BCUT2D eigenvalue weighted by Crippen LogP contribution is -2.31. The first-order chi connectivity index (χ1) is 14.5. The molecule has 160 valence electrons. The maximum Gasteiger partial charge on any atom is 0.338 e. The number of hydrogen-bond donors (Lipinski definition) is 1. The highest BCUT2D eigenvalue weighted by molar-refractivity contribution is 5.92. The van der Waals surface area contributed by atoms with Gasteiger partial charge in [-0.15, -0.1) is 0 Å². The van der Waals surface area contributed by atoms with Gasteiger partial charge in [-0.1, -0.05) is 6.07 Å². The SMILES string of the molecule is COc1cc(C(=O)OCC(=O)NC(C)c2ccc3c(c2)OCO3)cc(OC)c1OC. The Balaban J connectivity index is 1.60. The van der Waals surface area contributed by atoms with Gasteiger partial charge in [0.1, 0.15) is 0 Å². The van der Waals surface area contributed by atoms with E-state index in [4.69, 9.17) is 28.4 Å². The molecule has 1 atom stereocenters. The first-order valence-corrected chi connectivity index (χ1v) is 9.12. The van der Waals surface area contributed by atoms with Gasteiger partial charge in [0.2, 0.25) is 12.5 Å². The van der Waals surface area contributed by atoms with Crippen molar-refractivity contribution in [3.63, 3.8) is 0 Å². The van der Waals surface area contributed by atoms with E-state index < -0.39 is 18.5 Å². The van der Waals surface area contributed by atoms with Crippen LogP contribution in [0.1, 0.15) is 28.9 Å². The summed E-state index contributed by atoms with van der Waals surface area (Å²) in [7, 11) is 4.35. The van der Waals surface area contributed by atoms with E-state index in [1.807, 2.05) is 13.0 Å². The highest BCUT2D eigenvalue weighted by Gasteiger charge is 2.20. The number of amides is 1. The zero-order valence-electron chi connectivity index (χ0n) is 17.1. The second-order valence-corrected chi connectivity index (χ2v) is 6.39. The van der Waals surface area contributed by atoms with E-state index in [2.05, 4.69) is 5.32 Å². The number of fused-ring (bicyclic) bond motifs is 1. The van der Waals surface area contributed by atoms with Gasteiger partial charge in [-0.05, 0) is 36.8 Å². The zero-order chi connectivity index (χ0) is 21.7. The van der Waals surface area contributed by atoms with E-state index in [9.17, 15) is 9.59 Å². The Morgan fingerprint density at radius 1 is 1.00 bits per heavy atom. The molecule has 3 rings (SSSR count). The van der Waals surface area contributed by atoms with Crippen LogP contribution in [0.2, 0.25) is 0 Å². The predicted molar refractivity (Wildman–Crippen MR) is 106 cm³/mol. The predicted octanol–water partition coefficient (Wildman–Crippen LogP) is 2.48. The molecule has 0 saturated heterocycles. The summed E-state index contributed by atoms with van der Waals surface area (Å²) >= 11 is 0. The van der Waals surface area contributed by atoms with Gasteiger partial charge in [0.25, 0.3) is 5.91 Å². The molecular weight excluding hydrogens is 394 g/mol. The first kappa shape index (κ1) is 21.1. The van der Waals surface area contributed by atoms with Crippen LogP contribution in [-0.2, 0) is 9.53 Å². The molecule has 0 spiro atoms. The molecular formula is C21H23NO8. The Morgan fingerprint density at radius 2 is 1.67 bits per heavy atom. The Labute approximate surface area is 173 Å². The number of hydrogen-bond acceptors (Lipinski definition) is 8. The number of rotatable bonds is 8.